The first-order chi connectivity index (χ1) is 16.6. The number of carbonyl (C=O) groups excluding carboxylic acids is 1. The molecular weight excluding hydrogens is 455 g/mol. The zero-order valence-corrected chi connectivity index (χ0v) is 19.2. The number of fused-ring (bicyclic) bond motifs is 1. The van der Waals surface area contributed by atoms with Gasteiger partial charge in [-0.3, -0.25) is 9.36 Å². The van der Waals surface area contributed by atoms with Crippen molar-refractivity contribution in [2.45, 2.75) is 11.7 Å². The van der Waals surface area contributed by atoms with Gasteiger partial charge in [-0.1, -0.05) is 42.1 Å². The average molecular weight is 477 g/mol. The van der Waals surface area contributed by atoms with Gasteiger partial charge in [0.1, 0.15) is 5.82 Å². The van der Waals surface area contributed by atoms with Crippen molar-refractivity contribution in [3.63, 3.8) is 0 Å². The van der Waals surface area contributed by atoms with Crippen molar-refractivity contribution in [2.24, 2.45) is 0 Å². The Labute approximate surface area is 200 Å². The molecule has 0 saturated carbocycles. The zero-order valence-electron chi connectivity index (χ0n) is 18.3. The van der Waals surface area contributed by atoms with E-state index in [0.29, 0.717) is 29.0 Å². The van der Waals surface area contributed by atoms with Crippen molar-refractivity contribution in [1.82, 2.24) is 19.7 Å². The van der Waals surface area contributed by atoms with Crippen molar-refractivity contribution in [3.8, 4) is 28.6 Å². The Balaban J connectivity index is 1.37. The number of benzene rings is 3. The van der Waals surface area contributed by atoms with Crippen LogP contribution in [0.3, 0.4) is 0 Å². The summed E-state index contributed by atoms with van der Waals surface area (Å²) >= 11 is 1.31. The number of carbonyl (C=O) groups is 1. The van der Waals surface area contributed by atoms with E-state index in [1.165, 1.54) is 23.9 Å². The third-order valence-electron chi connectivity index (χ3n) is 5.36. The van der Waals surface area contributed by atoms with Crippen molar-refractivity contribution >= 4 is 17.7 Å². The minimum absolute atomic E-state index is 0.0680. The molecule has 0 fully saturated rings. The van der Waals surface area contributed by atoms with Crippen LogP contribution in [0.15, 0.2) is 78.0 Å². The van der Waals surface area contributed by atoms with Gasteiger partial charge >= 0.3 is 0 Å². The molecule has 0 spiro atoms. The van der Waals surface area contributed by atoms with Crippen LogP contribution in [0.2, 0.25) is 0 Å². The van der Waals surface area contributed by atoms with Crippen LogP contribution >= 0.6 is 11.8 Å². The lowest BCUT2D eigenvalue weighted by Gasteiger charge is -2.17. The summed E-state index contributed by atoms with van der Waals surface area (Å²) in [5.41, 5.74) is 2.57. The molecule has 3 aromatic carbocycles. The molecule has 0 bridgehead atoms. The fourth-order valence-corrected chi connectivity index (χ4v) is 4.48. The topological polar surface area (TPSA) is 69.5 Å². The molecule has 0 atom stereocenters. The second-order valence-electron chi connectivity index (χ2n) is 7.71. The summed E-state index contributed by atoms with van der Waals surface area (Å²) in [5.74, 6) is 1.81. The molecule has 4 aromatic rings. The molecule has 2 heterocycles. The molecule has 0 N–H and O–H groups in total. The summed E-state index contributed by atoms with van der Waals surface area (Å²) < 4.78 is 26.0. The quantitative estimate of drug-likeness (QED) is 0.365. The Hall–Kier alpha value is -3.85. The van der Waals surface area contributed by atoms with E-state index in [1.807, 2.05) is 53.1 Å². The Bertz CT molecular complexity index is 1310. The van der Waals surface area contributed by atoms with E-state index < -0.39 is 0 Å². The van der Waals surface area contributed by atoms with E-state index in [-0.39, 0.29) is 24.3 Å². The van der Waals surface area contributed by atoms with Gasteiger partial charge in [0.05, 0.1) is 5.75 Å². The first-order valence-electron chi connectivity index (χ1n) is 10.6. The van der Waals surface area contributed by atoms with Crippen LogP contribution < -0.4 is 9.47 Å². The molecule has 5 rings (SSSR count). The summed E-state index contributed by atoms with van der Waals surface area (Å²) in [6, 6.07) is 21.5. The van der Waals surface area contributed by atoms with Gasteiger partial charge in [-0.15, -0.1) is 10.2 Å². The van der Waals surface area contributed by atoms with E-state index in [2.05, 4.69) is 10.2 Å². The number of hydrogen-bond acceptors (Lipinski definition) is 6. The zero-order chi connectivity index (χ0) is 23.5. The number of amides is 1. The number of nitrogens with zero attached hydrogens (tertiary/aromatic N) is 4. The molecule has 34 heavy (non-hydrogen) atoms. The molecule has 0 unspecified atom stereocenters. The van der Waals surface area contributed by atoms with Crippen LogP contribution in [0.25, 0.3) is 17.1 Å². The normalized spacial score (nSPS) is 12.1. The van der Waals surface area contributed by atoms with Crippen molar-refractivity contribution < 1.29 is 18.7 Å². The molecule has 1 amide bonds. The minimum Gasteiger partial charge on any atom is -0.454 e. The summed E-state index contributed by atoms with van der Waals surface area (Å²) in [6.45, 7) is 0.590. The highest BCUT2D eigenvalue weighted by Gasteiger charge is 2.21. The molecule has 0 saturated heterocycles. The maximum Gasteiger partial charge on any atom is 0.233 e. The Kier molecular flexibility index (Phi) is 6.18. The van der Waals surface area contributed by atoms with Gasteiger partial charge in [-0.05, 0) is 48.0 Å². The Morgan fingerprint density at radius 3 is 2.59 bits per heavy atom. The number of ether oxygens (including phenoxy) is 2. The average Bonchev–Trinajstić information content (AvgIpc) is 3.51. The highest BCUT2D eigenvalue weighted by Crippen LogP contribution is 2.37. The monoisotopic (exact) mass is 476 g/mol. The van der Waals surface area contributed by atoms with E-state index in [9.17, 15) is 9.18 Å². The van der Waals surface area contributed by atoms with Crippen molar-refractivity contribution in [2.75, 3.05) is 19.6 Å². The molecule has 9 heteroatoms. The molecule has 1 aliphatic rings. The Morgan fingerprint density at radius 1 is 1.03 bits per heavy atom. The SMILES string of the molecule is CN(Cc1ccc(F)cc1)C(=O)CSc1nnc(-c2ccc3c(c2)OCO3)n1-c1ccccc1. The number of halogens is 1. The lowest BCUT2D eigenvalue weighted by atomic mass is 10.2. The van der Waals surface area contributed by atoms with Crippen LogP contribution in [0.1, 0.15) is 5.56 Å². The standard InChI is InChI=1S/C25H21FN4O3S/c1-29(14-17-7-10-19(26)11-8-17)23(31)15-34-25-28-27-24(30(25)20-5-3-2-4-6-20)18-9-12-21-22(13-18)33-16-32-21/h2-13H,14-16H2,1H3. The van der Waals surface area contributed by atoms with Crippen molar-refractivity contribution in [1.29, 1.82) is 0 Å². The summed E-state index contributed by atoms with van der Waals surface area (Å²) in [5, 5.41) is 9.40. The van der Waals surface area contributed by atoms with Gasteiger partial charge in [-0.2, -0.15) is 0 Å². The van der Waals surface area contributed by atoms with Gasteiger partial charge in [0.15, 0.2) is 22.5 Å². The summed E-state index contributed by atoms with van der Waals surface area (Å²) in [6.07, 6.45) is 0. The molecule has 1 aromatic heterocycles. The van der Waals surface area contributed by atoms with E-state index in [4.69, 9.17) is 9.47 Å². The second kappa shape index (κ2) is 9.56. The number of para-hydroxylation sites is 1. The number of hydrogen-bond donors (Lipinski definition) is 0. The van der Waals surface area contributed by atoms with Gasteiger partial charge in [0.25, 0.3) is 0 Å². The molecule has 0 aliphatic carbocycles. The summed E-state index contributed by atoms with van der Waals surface area (Å²) in [7, 11) is 1.73. The largest absolute Gasteiger partial charge is 0.454 e. The number of thioether (sulfide) groups is 1. The predicted octanol–water partition coefficient (Wildman–Crippen LogP) is 4.55. The lowest BCUT2D eigenvalue weighted by Crippen LogP contribution is -2.27. The molecule has 172 valence electrons. The van der Waals surface area contributed by atoms with Crippen LogP contribution in [0, 0.1) is 5.82 Å². The maximum atomic E-state index is 13.1. The highest BCUT2D eigenvalue weighted by atomic mass is 32.2. The predicted molar refractivity (Wildman–Crippen MR) is 127 cm³/mol. The second-order valence-corrected chi connectivity index (χ2v) is 8.65. The smallest absolute Gasteiger partial charge is 0.233 e. The van der Waals surface area contributed by atoms with Gasteiger partial charge in [0.2, 0.25) is 12.7 Å². The maximum absolute atomic E-state index is 13.1. The van der Waals surface area contributed by atoms with E-state index in [1.54, 1.807) is 24.1 Å². The molecule has 7 nitrogen and oxygen atoms in total. The van der Waals surface area contributed by atoms with Crippen LogP contribution in [-0.4, -0.2) is 45.2 Å². The van der Waals surface area contributed by atoms with Gasteiger partial charge in [-0.25, -0.2) is 4.39 Å². The lowest BCUT2D eigenvalue weighted by molar-refractivity contribution is -0.127. The van der Waals surface area contributed by atoms with Crippen LogP contribution in [-0.2, 0) is 11.3 Å². The summed E-state index contributed by atoms with van der Waals surface area (Å²) in [4.78, 5) is 14.4. The number of aromatic nitrogens is 3. The van der Waals surface area contributed by atoms with Crippen molar-refractivity contribution in [3.05, 3.63) is 84.2 Å². The Morgan fingerprint density at radius 2 is 1.79 bits per heavy atom. The van der Waals surface area contributed by atoms with Crippen LogP contribution in [0.4, 0.5) is 4.39 Å². The van der Waals surface area contributed by atoms with Gasteiger partial charge in [0, 0.05) is 24.8 Å². The van der Waals surface area contributed by atoms with E-state index >= 15 is 0 Å². The fourth-order valence-electron chi connectivity index (χ4n) is 3.58. The molecular formula is C25H21FN4O3S. The molecule has 0 radical (unpaired) electrons. The molecule has 1 aliphatic heterocycles. The first-order valence-corrected chi connectivity index (χ1v) is 11.6. The fraction of sp³-hybridized carbons (Fsp3) is 0.160. The third kappa shape index (κ3) is 4.60. The minimum atomic E-state index is -0.299. The van der Waals surface area contributed by atoms with Crippen LogP contribution in [0.5, 0.6) is 11.5 Å². The number of rotatable bonds is 7. The van der Waals surface area contributed by atoms with Gasteiger partial charge < -0.3 is 14.4 Å². The third-order valence-corrected chi connectivity index (χ3v) is 6.28. The first kappa shape index (κ1) is 22.0. The highest BCUT2D eigenvalue weighted by molar-refractivity contribution is 7.99. The van der Waals surface area contributed by atoms with E-state index in [0.717, 1.165) is 16.8 Å².